The van der Waals surface area contributed by atoms with Crippen LogP contribution in [0.1, 0.15) is 26.7 Å². The normalized spacial score (nSPS) is 13.5. The smallest absolute Gasteiger partial charge is 0.257 e. The second-order valence-electron chi connectivity index (χ2n) is 2.55. The second kappa shape index (κ2) is 8.35. The number of nitrogens with one attached hydrogen (secondary N) is 1. The second-order valence-corrected chi connectivity index (χ2v) is 2.55. The molecule has 3 heteroatoms. The number of ether oxygens (including phenoxy) is 1. The summed E-state index contributed by atoms with van der Waals surface area (Å²) in [4.78, 5) is 10.8. The third-order valence-electron chi connectivity index (χ3n) is 1.61. The molecule has 0 bridgehead atoms. The molecule has 0 saturated carbocycles. The molecule has 14 heavy (non-hydrogen) atoms. The molecule has 0 spiro atoms. The van der Waals surface area contributed by atoms with Gasteiger partial charge in [-0.05, 0) is 25.0 Å². The van der Waals surface area contributed by atoms with Crippen LogP contribution < -0.4 is 5.32 Å². The maximum Gasteiger partial charge on any atom is 0.257 e. The molecule has 1 rings (SSSR count). The Kier molecular flexibility index (Phi) is 7.61. The minimum atomic E-state index is -0.102. The molecule has 0 unspecified atom stereocenters. The Morgan fingerprint density at radius 3 is 2.71 bits per heavy atom. The third kappa shape index (κ3) is 5.41. The van der Waals surface area contributed by atoms with E-state index < -0.39 is 0 Å². The van der Waals surface area contributed by atoms with Crippen LogP contribution in [0.25, 0.3) is 0 Å². The van der Waals surface area contributed by atoms with Crippen molar-refractivity contribution in [2.24, 2.45) is 0 Å². The molecule has 0 aromatic rings. The lowest BCUT2D eigenvalue weighted by Crippen LogP contribution is -2.23. The van der Waals surface area contributed by atoms with Crippen molar-refractivity contribution in [1.82, 2.24) is 5.32 Å². The van der Waals surface area contributed by atoms with Gasteiger partial charge in [-0.25, -0.2) is 0 Å². The van der Waals surface area contributed by atoms with E-state index in [1.807, 2.05) is 32.1 Å². The Morgan fingerprint density at radius 2 is 2.21 bits per heavy atom. The van der Waals surface area contributed by atoms with Gasteiger partial charge in [-0.3, -0.25) is 4.79 Å². The number of hydrogen-bond acceptors (Lipinski definition) is 2. The summed E-state index contributed by atoms with van der Waals surface area (Å²) in [7, 11) is 1.59. The molecule has 0 radical (unpaired) electrons. The Bertz CT molecular complexity index is 219. The van der Waals surface area contributed by atoms with Crippen molar-refractivity contribution in [3.05, 3.63) is 24.0 Å². The van der Waals surface area contributed by atoms with Crippen molar-refractivity contribution in [2.75, 3.05) is 13.7 Å². The van der Waals surface area contributed by atoms with Crippen molar-refractivity contribution in [3.63, 3.8) is 0 Å². The summed E-state index contributed by atoms with van der Waals surface area (Å²) >= 11 is 0. The molecule has 1 aliphatic rings. The first-order chi connectivity index (χ1) is 6.83. The Morgan fingerprint density at radius 1 is 1.50 bits per heavy atom. The van der Waals surface area contributed by atoms with Gasteiger partial charge >= 0.3 is 0 Å². The fourth-order valence-corrected chi connectivity index (χ4v) is 0.917. The van der Waals surface area contributed by atoms with E-state index in [9.17, 15) is 4.79 Å². The van der Waals surface area contributed by atoms with Gasteiger partial charge in [0, 0.05) is 7.05 Å². The average Bonchev–Trinajstić information content (AvgIpc) is 2.30. The predicted molar refractivity (Wildman–Crippen MR) is 57.8 cm³/mol. The van der Waals surface area contributed by atoms with Gasteiger partial charge in [0.15, 0.2) is 6.61 Å². The summed E-state index contributed by atoms with van der Waals surface area (Å²) < 4.78 is 5.20. The zero-order valence-electron chi connectivity index (χ0n) is 9.17. The third-order valence-corrected chi connectivity index (χ3v) is 1.61. The van der Waals surface area contributed by atoms with Gasteiger partial charge in [0.05, 0.1) is 0 Å². The number of carbonyl (C=O) groups excluding carboxylic acids is 1. The maximum atomic E-state index is 10.8. The molecule has 1 N–H and O–H groups in total. The van der Waals surface area contributed by atoms with Crippen LogP contribution in [0.4, 0.5) is 0 Å². The van der Waals surface area contributed by atoms with E-state index in [0.29, 0.717) is 0 Å². The van der Waals surface area contributed by atoms with Crippen LogP contribution in [-0.4, -0.2) is 19.6 Å². The van der Waals surface area contributed by atoms with Crippen LogP contribution >= 0.6 is 0 Å². The molecular formula is C11H19NO2. The summed E-state index contributed by atoms with van der Waals surface area (Å²) in [5.41, 5.74) is 0. The van der Waals surface area contributed by atoms with Crippen LogP contribution in [0.15, 0.2) is 24.0 Å². The fraction of sp³-hybridized carbons (Fsp3) is 0.545. The molecule has 0 aliphatic heterocycles. The van der Waals surface area contributed by atoms with Gasteiger partial charge in [0.25, 0.3) is 5.91 Å². The van der Waals surface area contributed by atoms with E-state index in [1.54, 1.807) is 7.05 Å². The largest absolute Gasteiger partial charge is 0.484 e. The van der Waals surface area contributed by atoms with Crippen molar-refractivity contribution in [1.29, 1.82) is 0 Å². The van der Waals surface area contributed by atoms with Gasteiger partial charge in [-0.2, -0.15) is 0 Å². The van der Waals surface area contributed by atoms with Crippen LogP contribution in [-0.2, 0) is 9.53 Å². The number of hydrogen-bond donors (Lipinski definition) is 1. The van der Waals surface area contributed by atoms with E-state index in [2.05, 4.69) is 5.32 Å². The molecular weight excluding hydrogens is 178 g/mol. The monoisotopic (exact) mass is 197 g/mol. The molecule has 0 aromatic heterocycles. The van der Waals surface area contributed by atoms with Crippen LogP contribution in [0.5, 0.6) is 0 Å². The maximum absolute atomic E-state index is 10.8. The van der Waals surface area contributed by atoms with Gasteiger partial charge in [-0.1, -0.05) is 19.9 Å². The van der Waals surface area contributed by atoms with Crippen LogP contribution in [0.3, 0.4) is 0 Å². The van der Waals surface area contributed by atoms with Gasteiger partial charge in [0.1, 0.15) is 5.76 Å². The SMILES string of the molecule is CC.CNC(=O)COC1=CCCC=C1. The molecule has 0 fully saturated rings. The molecule has 1 aliphatic carbocycles. The first kappa shape index (κ1) is 12.8. The standard InChI is InChI=1S/C9H13NO2.C2H6/c1-10-9(11)7-12-8-5-3-2-4-6-8;1-2/h3,5-6H,2,4,7H2,1H3,(H,10,11);1-2H3. The highest BCUT2D eigenvalue weighted by Gasteiger charge is 2.01. The van der Waals surface area contributed by atoms with Crippen LogP contribution in [0, 0.1) is 0 Å². The first-order valence-corrected chi connectivity index (χ1v) is 5.03. The highest BCUT2D eigenvalue weighted by Crippen LogP contribution is 2.09. The molecule has 0 saturated heterocycles. The first-order valence-electron chi connectivity index (χ1n) is 5.03. The number of amides is 1. The lowest BCUT2D eigenvalue weighted by molar-refractivity contribution is -0.123. The highest BCUT2D eigenvalue weighted by atomic mass is 16.5. The van der Waals surface area contributed by atoms with Crippen molar-refractivity contribution in [2.45, 2.75) is 26.7 Å². The quantitative estimate of drug-likeness (QED) is 0.751. The highest BCUT2D eigenvalue weighted by molar-refractivity contribution is 5.76. The number of likely N-dealkylation sites (N-methyl/N-ethyl adjacent to an activating group) is 1. The van der Waals surface area contributed by atoms with E-state index in [4.69, 9.17) is 4.74 Å². The predicted octanol–water partition coefficient (Wildman–Crippen LogP) is 2.01. The molecule has 0 atom stereocenters. The van der Waals surface area contributed by atoms with Crippen molar-refractivity contribution in [3.8, 4) is 0 Å². The van der Waals surface area contributed by atoms with Crippen molar-refractivity contribution >= 4 is 5.91 Å². The summed E-state index contributed by atoms with van der Waals surface area (Å²) in [6, 6.07) is 0. The summed E-state index contributed by atoms with van der Waals surface area (Å²) in [5.74, 6) is 0.694. The number of rotatable bonds is 3. The van der Waals surface area contributed by atoms with Gasteiger partial charge in [0.2, 0.25) is 0 Å². The Labute approximate surface area is 85.8 Å². The number of carbonyl (C=O) groups is 1. The van der Waals surface area contributed by atoms with E-state index in [-0.39, 0.29) is 12.5 Å². The molecule has 3 nitrogen and oxygen atoms in total. The zero-order valence-corrected chi connectivity index (χ0v) is 9.17. The van der Waals surface area contributed by atoms with Crippen LogP contribution in [0.2, 0.25) is 0 Å². The summed E-state index contributed by atoms with van der Waals surface area (Å²) in [5, 5.41) is 2.49. The topological polar surface area (TPSA) is 38.3 Å². The van der Waals surface area contributed by atoms with E-state index in [1.165, 1.54) is 0 Å². The molecule has 1 amide bonds. The lowest BCUT2D eigenvalue weighted by Gasteiger charge is -2.08. The number of allylic oxidation sites excluding steroid dienone is 3. The summed E-state index contributed by atoms with van der Waals surface area (Å²) in [6.45, 7) is 4.10. The molecule has 0 heterocycles. The molecule has 80 valence electrons. The fourth-order valence-electron chi connectivity index (χ4n) is 0.917. The van der Waals surface area contributed by atoms with Gasteiger partial charge < -0.3 is 10.1 Å². The van der Waals surface area contributed by atoms with Gasteiger partial charge in [-0.15, -0.1) is 0 Å². The van der Waals surface area contributed by atoms with Crippen molar-refractivity contribution < 1.29 is 9.53 Å². The Hall–Kier alpha value is -1.25. The molecule has 0 aromatic carbocycles. The zero-order chi connectivity index (χ0) is 10.8. The summed E-state index contributed by atoms with van der Waals surface area (Å²) in [6.07, 6.45) is 7.99. The lowest BCUT2D eigenvalue weighted by atomic mass is 10.2. The van der Waals surface area contributed by atoms with E-state index in [0.717, 1.165) is 18.6 Å². The average molecular weight is 197 g/mol. The minimum absolute atomic E-state index is 0.102. The van der Waals surface area contributed by atoms with E-state index >= 15 is 0 Å². The Balaban J connectivity index is 0.000000791. The minimum Gasteiger partial charge on any atom is -0.484 e.